The molecule has 6 nitrogen and oxygen atoms in total. The molecule has 0 saturated carbocycles. The SMILES string of the molecule is CC(CC(=O)O)c1nc2cc(CN3CCN(C(c4ccccc4)c4ccccc4)CC3)ccc2[nH]1. The molecule has 0 bridgehead atoms. The number of imidazole rings is 1. The van der Waals surface area contributed by atoms with E-state index in [1.807, 2.05) is 6.92 Å². The smallest absolute Gasteiger partial charge is 0.304 e. The molecule has 0 aliphatic carbocycles. The minimum atomic E-state index is -0.806. The van der Waals surface area contributed by atoms with Gasteiger partial charge in [-0.2, -0.15) is 0 Å². The van der Waals surface area contributed by atoms with Crippen molar-refractivity contribution in [3.05, 3.63) is 101 Å². The molecule has 0 amide bonds. The maximum absolute atomic E-state index is 11.0. The number of benzene rings is 3. The summed E-state index contributed by atoms with van der Waals surface area (Å²) < 4.78 is 0. The highest BCUT2D eigenvalue weighted by Gasteiger charge is 2.26. The van der Waals surface area contributed by atoms with Crippen LogP contribution in [0.2, 0.25) is 0 Å². The van der Waals surface area contributed by atoms with Gasteiger partial charge in [-0.15, -0.1) is 0 Å². The van der Waals surface area contributed by atoms with Crippen molar-refractivity contribution in [1.29, 1.82) is 0 Å². The van der Waals surface area contributed by atoms with Crippen LogP contribution in [0.1, 0.15) is 47.8 Å². The number of aromatic amines is 1. The summed E-state index contributed by atoms with van der Waals surface area (Å²) in [5, 5.41) is 9.08. The third-order valence-electron chi connectivity index (χ3n) is 6.92. The number of piperazine rings is 1. The summed E-state index contributed by atoms with van der Waals surface area (Å²) in [7, 11) is 0. The number of hydrogen-bond donors (Lipinski definition) is 2. The fourth-order valence-corrected chi connectivity index (χ4v) is 5.08. The molecule has 1 aliphatic rings. The maximum Gasteiger partial charge on any atom is 0.304 e. The second-order valence-electron chi connectivity index (χ2n) is 9.51. The van der Waals surface area contributed by atoms with Crippen LogP contribution in [0.5, 0.6) is 0 Å². The highest BCUT2D eigenvalue weighted by atomic mass is 16.4. The first kappa shape index (κ1) is 23.3. The van der Waals surface area contributed by atoms with Crippen molar-refractivity contribution in [1.82, 2.24) is 19.8 Å². The summed E-state index contributed by atoms with van der Waals surface area (Å²) in [4.78, 5) is 24.1. The average Bonchev–Trinajstić information content (AvgIpc) is 3.30. The molecule has 3 aromatic carbocycles. The highest BCUT2D eigenvalue weighted by molar-refractivity contribution is 5.76. The van der Waals surface area contributed by atoms with Crippen LogP contribution in [0.4, 0.5) is 0 Å². The zero-order valence-corrected chi connectivity index (χ0v) is 20.1. The topological polar surface area (TPSA) is 72.5 Å². The van der Waals surface area contributed by atoms with Gasteiger partial charge in [0.2, 0.25) is 0 Å². The van der Waals surface area contributed by atoms with Crippen LogP contribution in [0, 0.1) is 0 Å². The molecule has 5 rings (SSSR count). The number of rotatable bonds is 8. The molecule has 1 aromatic heterocycles. The summed E-state index contributed by atoms with van der Waals surface area (Å²) in [6.07, 6.45) is 0.0733. The molecular formula is C29H32N4O2. The summed E-state index contributed by atoms with van der Waals surface area (Å²) in [5.41, 5.74) is 5.77. The Bertz CT molecular complexity index is 1220. The number of aromatic nitrogens is 2. The number of hydrogen-bond acceptors (Lipinski definition) is 4. The minimum Gasteiger partial charge on any atom is -0.481 e. The van der Waals surface area contributed by atoms with Gasteiger partial charge in [-0.05, 0) is 28.8 Å². The van der Waals surface area contributed by atoms with E-state index in [1.165, 1.54) is 16.7 Å². The Morgan fingerprint density at radius 3 is 2.17 bits per heavy atom. The van der Waals surface area contributed by atoms with E-state index in [2.05, 4.69) is 98.6 Å². The molecule has 1 unspecified atom stereocenters. The van der Waals surface area contributed by atoms with E-state index in [-0.39, 0.29) is 18.4 Å². The quantitative estimate of drug-likeness (QED) is 0.379. The zero-order valence-electron chi connectivity index (χ0n) is 20.1. The third-order valence-corrected chi connectivity index (χ3v) is 6.92. The molecule has 1 saturated heterocycles. The van der Waals surface area contributed by atoms with Gasteiger partial charge in [-0.3, -0.25) is 14.6 Å². The van der Waals surface area contributed by atoms with Crippen LogP contribution in [0.3, 0.4) is 0 Å². The summed E-state index contributed by atoms with van der Waals surface area (Å²) in [6, 6.07) is 28.2. The van der Waals surface area contributed by atoms with Crippen molar-refractivity contribution in [3.8, 4) is 0 Å². The molecule has 180 valence electrons. The van der Waals surface area contributed by atoms with Gasteiger partial charge >= 0.3 is 5.97 Å². The molecule has 0 spiro atoms. The number of carbonyl (C=O) groups is 1. The van der Waals surface area contributed by atoms with Crippen molar-refractivity contribution in [2.45, 2.75) is 31.8 Å². The highest BCUT2D eigenvalue weighted by Crippen LogP contribution is 2.30. The van der Waals surface area contributed by atoms with E-state index in [9.17, 15) is 4.79 Å². The molecular weight excluding hydrogens is 436 g/mol. The van der Waals surface area contributed by atoms with E-state index in [0.29, 0.717) is 0 Å². The van der Waals surface area contributed by atoms with E-state index < -0.39 is 5.97 Å². The van der Waals surface area contributed by atoms with E-state index in [4.69, 9.17) is 5.11 Å². The number of H-pyrrole nitrogens is 1. The molecule has 0 radical (unpaired) electrons. The third kappa shape index (κ3) is 5.45. The Hall–Kier alpha value is -3.48. The first-order valence-corrected chi connectivity index (χ1v) is 12.3. The fourth-order valence-electron chi connectivity index (χ4n) is 5.08. The summed E-state index contributed by atoms with van der Waals surface area (Å²) in [5.74, 6) is -0.209. The lowest BCUT2D eigenvalue weighted by atomic mass is 9.96. The van der Waals surface area contributed by atoms with Crippen LogP contribution in [-0.2, 0) is 11.3 Å². The van der Waals surface area contributed by atoms with E-state index >= 15 is 0 Å². The van der Waals surface area contributed by atoms with Gasteiger partial charge in [0.25, 0.3) is 0 Å². The second-order valence-corrected chi connectivity index (χ2v) is 9.51. The van der Waals surface area contributed by atoms with Gasteiger partial charge in [0.15, 0.2) is 0 Å². The van der Waals surface area contributed by atoms with Gasteiger partial charge < -0.3 is 10.1 Å². The number of fused-ring (bicyclic) bond motifs is 1. The first-order valence-electron chi connectivity index (χ1n) is 12.3. The normalized spacial score (nSPS) is 16.1. The van der Waals surface area contributed by atoms with Crippen LogP contribution in [-0.4, -0.2) is 57.0 Å². The van der Waals surface area contributed by atoms with Gasteiger partial charge in [-0.25, -0.2) is 4.98 Å². The summed E-state index contributed by atoms with van der Waals surface area (Å²) in [6.45, 7) is 6.82. The molecule has 2 heterocycles. The van der Waals surface area contributed by atoms with Crippen LogP contribution in [0.15, 0.2) is 78.9 Å². The lowest BCUT2D eigenvalue weighted by Crippen LogP contribution is -2.47. The lowest BCUT2D eigenvalue weighted by molar-refractivity contribution is -0.137. The largest absolute Gasteiger partial charge is 0.481 e. The fraction of sp³-hybridized carbons (Fsp3) is 0.310. The van der Waals surface area contributed by atoms with Gasteiger partial charge in [-0.1, -0.05) is 73.7 Å². The Kier molecular flexibility index (Phi) is 6.93. The molecule has 4 aromatic rings. The van der Waals surface area contributed by atoms with Crippen molar-refractivity contribution in [2.24, 2.45) is 0 Å². The standard InChI is InChI=1S/C29H32N4O2/c1-21(18-27(34)35)29-30-25-13-12-22(19-26(25)31-29)20-32-14-16-33(17-15-32)28(23-8-4-2-5-9-23)24-10-6-3-7-11-24/h2-13,19,21,28H,14-18,20H2,1H3,(H,30,31)(H,34,35). The van der Waals surface area contributed by atoms with E-state index in [0.717, 1.165) is 49.6 Å². The van der Waals surface area contributed by atoms with Crippen molar-refractivity contribution < 1.29 is 9.90 Å². The molecule has 1 atom stereocenters. The molecule has 1 fully saturated rings. The van der Waals surface area contributed by atoms with Crippen LogP contribution in [0.25, 0.3) is 11.0 Å². The number of aliphatic carboxylic acids is 1. The van der Waals surface area contributed by atoms with Gasteiger partial charge in [0.05, 0.1) is 23.5 Å². The number of nitrogens with one attached hydrogen (secondary N) is 1. The number of nitrogens with zero attached hydrogens (tertiary/aromatic N) is 3. The lowest BCUT2D eigenvalue weighted by Gasteiger charge is -2.39. The number of carboxylic acid groups (broad SMARTS) is 1. The minimum absolute atomic E-state index is 0.0733. The zero-order chi connectivity index (χ0) is 24.2. The monoisotopic (exact) mass is 468 g/mol. The van der Waals surface area contributed by atoms with Gasteiger partial charge in [0.1, 0.15) is 5.82 Å². The maximum atomic E-state index is 11.0. The predicted molar refractivity (Wildman–Crippen MR) is 138 cm³/mol. The second kappa shape index (κ2) is 10.4. The predicted octanol–water partition coefficient (Wildman–Crippen LogP) is 5.05. The molecule has 35 heavy (non-hydrogen) atoms. The summed E-state index contributed by atoms with van der Waals surface area (Å²) >= 11 is 0. The van der Waals surface area contributed by atoms with Crippen LogP contribution < -0.4 is 0 Å². The van der Waals surface area contributed by atoms with Crippen LogP contribution >= 0.6 is 0 Å². The molecule has 2 N–H and O–H groups in total. The van der Waals surface area contributed by atoms with Gasteiger partial charge in [0, 0.05) is 38.6 Å². The molecule has 6 heteroatoms. The van der Waals surface area contributed by atoms with Crippen molar-refractivity contribution >= 4 is 17.0 Å². The Morgan fingerprint density at radius 1 is 0.943 bits per heavy atom. The van der Waals surface area contributed by atoms with Crippen molar-refractivity contribution in [2.75, 3.05) is 26.2 Å². The Balaban J connectivity index is 1.26. The Labute approximate surface area is 206 Å². The average molecular weight is 469 g/mol. The Morgan fingerprint density at radius 2 is 1.57 bits per heavy atom. The first-order chi connectivity index (χ1) is 17.1. The van der Waals surface area contributed by atoms with Crippen molar-refractivity contribution in [3.63, 3.8) is 0 Å². The molecule has 1 aliphatic heterocycles. The number of carboxylic acids is 1. The van der Waals surface area contributed by atoms with E-state index in [1.54, 1.807) is 0 Å².